The molecule has 1 heteroatoms. The van der Waals surface area contributed by atoms with Crippen LogP contribution in [0.2, 0.25) is 0 Å². The predicted molar refractivity (Wildman–Crippen MR) is 79.7 cm³/mol. The molecule has 0 aromatic carbocycles. The van der Waals surface area contributed by atoms with Crippen molar-refractivity contribution in [2.24, 2.45) is 23.7 Å². The largest absolute Gasteiger partial charge is 0.316 e. The lowest BCUT2D eigenvalue weighted by molar-refractivity contribution is 0.118. The first-order chi connectivity index (χ1) is 8.85. The van der Waals surface area contributed by atoms with Crippen LogP contribution in [0.4, 0.5) is 0 Å². The summed E-state index contributed by atoms with van der Waals surface area (Å²) in [7, 11) is 0. The molecule has 0 saturated heterocycles. The normalized spacial score (nSPS) is 34.0. The van der Waals surface area contributed by atoms with Gasteiger partial charge in [-0.15, -0.1) is 0 Å². The van der Waals surface area contributed by atoms with Crippen LogP contribution in [0.25, 0.3) is 0 Å². The molecule has 2 aliphatic rings. The molecule has 1 N–H and O–H groups in total. The highest BCUT2D eigenvalue weighted by Gasteiger charge is 2.35. The van der Waals surface area contributed by atoms with Crippen molar-refractivity contribution >= 4 is 0 Å². The minimum Gasteiger partial charge on any atom is -0.316 e. The molecule has 0 radical (unpaired) electrons. The molecule has 2 rings (SSSR count). The first-order valence-corrected chi connectivity index (χ1v) is 8.55. The maximum atomic E-state index is 3.69. The SMILES string of the molecule is CCCNCC1CCC(CC)CC1C1CCCC1. The van der Waals surface area contributed by atoms with Crippen molar-refractivity contribution in [3.63, 3.8) is 0 Å². The second kappa shape index (κ2) is 7.53. The van der Waals surface area contributed by atoms with Gasteiger partial charge in [-0.2, -0.15) is 0 Å². The lowest BCUT2D eigenvalue weighted by Crippen LogP contribution is -2.36. The van der Waals surface area contributed by atoms with Crippen LogP contribution in [-0.2, 0) is 0 Å². The fourth-order valence-corrected chi connectivity index (χ4v) is 4.41. The molecule has 18 heavy (non-hydrogen) atoms. The summed E-state index contributed by atoms with van der Waals surface area (Å²) < 4.78 is 0. The minimum atomic E-state index is 0.988. The van der Waals surface area contributed by atoms with Crippen molar-refractivity contribution in [3.05, 3.63) is 0 Å². The van der Waals surface area contributed by atoms with E-state index in [0.29, 0.717) is 0 Å². The van der Waals surface area contributed by atoms with Gasteiger partial charge in [-0.1, -0.05) is 52.4 Å². The monoisotopic (exact) mass is 251 g/mol. The van der Waals surface area contributed by atoms with E-state index in [1.165, 1.54) is 64.5 Å². The third-order valence-electron chi connectivity index (χ3n) is 5.57. The number of hydrogen-bond donors (Lipinski definition) is 1. The Morgan fingerprint density at radius 2 is 1.78 bits per heavy atom. The van der Waals surface area contributed by atoms with E-state index in [2.05, 4.69) is 19.2 Å². The molecule has 3 atom stereocenters. The Morgan fingerprint density at radius 1 is 1.00 bits per heavy atom. The molecular weight excluding hydrogens is 218 g/mol. The predicted octanol–water partition coefficient (Wildman–Crippen LogP) is 4.62. The average Bonchev–Trinajstić information content (AvgIpc) is 2.93. The fourth-order valence-electron chi connectivity index (χ4n) is 4.41. The highest BCUT2D eigenvalue weighted by Crippen LogP contribution is 2.44. The second-order valence-electron chi connectivity index (χ2n) is 6.76. The van der Waals surface area contributed by atoms with Crippen LogP contribution in [0, 0.1) is 23.7 Å². The van der Waals surface area contributed by atoms with E-state index in [-0.39, 0.29) is 0 Å². The highest BCUT2D eigenvalue weighted by atomic mass is 14.9. The highest BCUT2D eigenvalue weighted by molar-refractivity contribution is 4.87. The Bertz CT molecular complexity index is 218. The zero-order valence-corrected chi connectivity index (χ0v) is 12.6. The molecule has 0 aromatic heterocycles. The van der Waals surface area contributed by atoms with Gasteiger partial charge in [0.15, 0.2) is 0 Å². The van der Waals surface area contributed by atoms with Crippen molar-refractivity contribution in [2.45, 2.75) is 71.6 Å². The van der Waals surface area contributed by atoms with Crippen molar-refractivity contribution in [1.82, 2.24) is 5.32 Å². The lowest BCUT2D eigenvalue weighted by atomic mass is 9.67. The summed E-state index contributed by atoms with van der Waals surface area (Å²) >= 11 is 0. The van der Waals surface area contributed by atoms with Gasteiger partial charge >= 0.3 is 0 Å². The molecule has 0 spiro atoms. The van der Waals surface area contributed by atoms with Crippen LogP contribution in [0.3, 0.4) is 0 Å². The summed E-state index contributed by atoms with van der Waals surface area (Å²) in [4.78, 5) is 0. The molecule has 0 amide bonds. The molecule has 0 heterocycles. The quantitative estimate of drug-likeness (QED) is 0.679. The maximum Gasteiger partial charge on any atom is -0.00178 e. The van der Waals surface area contributed by atoms with Crippen LogP contribution < -0.4 is 5.32 Å². The Morgan fingerprint density at radius 3 is 2.44 bits per heavy atom. The second-order valence-corrected chi connectivity index (χ2v) is 6.76. The Hall–Kier alpha value is -0.0400. The summed E-state index contributed by atoms with van der Waals surface area (Å²) in [5.41, 5.74) is 0. The first kappa shape index (κ1) is 14.4. The zero-order chi connectivity index (χ0) is 12.8. The van der Waals surface area contributed by atoms with E-state index in [4.69, 9.17) is 0 Å². The molecule has 2 fully saturated rings. The molecule has 3 unspecified atom stereocenters. The Balaban J connectivity index is 1.88. The molecule has 1 nitrogen and oxygen atoms in total. The van der Waals surface area contributed by atoms with Crippen LogP contribution in [0.15, 0.2) is 0 Å². The molecule has 106 valence electrons. The smallest absolute Gasteiger partial charge is 0.00178 e. The number of hydrogen-bond acceptors (Lipinski definition) is 1. The summed E-state index contributed by atoms with van der Waals surface area (Å²) in [6.07, 6.45) is 13.3. The van der Waals surface area contributed by atoms with Crippen molar-refractivity contribution in [3.8, 4) is 0 Å². The average molecular weight is 251 g/mol. The molecule has 0 aromatic rings. The van der Waals surface area contributed by atoms with Gasteiger partial charge in [0.25, 0.3) is 0 Å². The maximum absolute atomic E-state index is 3.69. The van der Waals surface area contributed by atoms with Gasteiger partial charge in [-0.05, 0) is 56.0 Å². The molecule has 2 saturated carbocycles. The van der Waals surface area contributed by atoms with Gasteiger partial charge in [-0.3, -0.25) is 0 Å². The third-order valence-corrected chi connectivity index (χ3v) is 5.57. The van der Waals surface area contributed by atoms with Crippen LogP contribution in [0.1, 0.15) is 71.6 Å². The van der Waals surface area contributed by atoms with Gasteiger partial charge in [0.05, 0.1) is 0 Å². The van der Waals surface area contributed by atoms with Crippen LogP contribution >= 0.6 is 0 Å². The standard InChI is InChI=1S/C17H33N/c1-3-11-18-13-16-10-9-14(4-2)12-17(16)15-7-5-6-8-15/h14-18H,3-13H2,1-2H3. The van der Waals surface area contributed by atoms with E-state index in [1.807, 2.05) is 0 Å². The molecule has 2 aliphatic carbocycles. The van der Waals surface area contributed by atoms with Gasteiger partial charge in [0.2, 0.25) is 0 Å². The Kier molecular flexibility index (Phi) is 6.01. The van der Waals surface area contributed by atoms with Gasteiger partial charge < -0.3 is 5.32 Å². The third kappa shape index (κ3) is 3.73. The number of nitrogens with one attached hydrogen (secondary N) is 1. The first-order valence-electron chi connectivity index (χ1n) is 8.55. The van der Waals surface area contributed by atoms with Crippen molar-refractivity contribution < 1.29 is 0 Å². The molecule has 0 aliphatic heterocycles. The minimum absolute atomic E-state index is 0.988. The van der Waals surface area contributed by atoms with Crippen LogP contribution in [-0.4, -0.2) is 13.1 Å². The summed E-state index contributed by atoms with van der Waals surface area (Å²) in [5, 5.41) is 3.69. The lowest BCUT2D eigenvalue weighted by Gasteiger charge is -2.39. The van der Waals surface area contributed by atoms with Gasteiger partial charge in [0, 0.05) is 0 Å². The van der Waals surface area contributed by atoms with Crippen molar-refractivity contribution in [2.75, 3.05) is 13.1 Å². The summed E-state index contributed by atoms with van der Waals surface area (Å²) in [6.45, 7) is 7.18. The van der Waals surface area contributed by atoms with E-state index < -0.39 is 0 Å². The molecule has 0 bridgehead atoms. The van der Waals surface area contributed by atoms with Crippen molar-refractivity contribution in [1.29, 1.82) is 0 Å². The van der Waals surface area contributed by atoms with Gasteiger partial charge in [-0.25, -0.2) is 0 Å². The van der Waals surface area contributed by atoms with E-state index in [9.17, 15) is 0 Å². The summed E-state index contributed by atoms with van der Waals surface area (Å²) in [5.74, 6) is 4.16. The van der Waals surface area contributed by atoms with E-state index in [1.54, 1.807) is 6.42 Å². The van der Waals surface area contributed by atoms with E-state index in [0.717, 1.165) is 23.7 Å². The molecular formula is C17H33N. The van der Waals surface area contributed by atoms with Crippen LogP contribution in [0.5, 0.6) is 0 Å². The zero-order valence-electron chi connectivity index (χ0n) is 12.6. The topological polar surface area (TPSA) is 12.0 Å². The summed E-state index contributed by atoms with van der Waals surface area (Å²) in [6, 6.07) is 0. The van der Waals surface area contributed by atoms with E-state index >= 15 is 0 Å². The Labute approximate surface area is 114 Å². The number of rotatable bonds is 6. The fraction of sp³-hybridized carbons (Fsp3) is 1.00. The van der Waals surface area contributed by atoms with Gasteiger partial charge in [0.1, 0.15) is 0 Å².